The predicted octanol–water partition coefficient (Wildman–Crippen LogP) is 3.75. The Kier molecular flexibility index (Phi) is 4.76. The number of aromatic nitrogens is 2. The van der Waals surface area contributed by atoms with Crippen molar-refractivity contribution in [3.63, 3.8) is 0 Å². The molecule has 4 nitrogen and oxygen atoms in total. The van der Waals surface area contributed by atoms with Crippen molar-refractivity contribution in [2.24, 2.45) is 5.92 Å². The van der Waals surface area contributed by atoms with Gasteiger partial charge in [0.2, 0.25) is 0 Å². The van der Waals surface area contributed by atoms with Crippen LogP contribution in [0, 0.1) is 5.92 Å². The lowest BCUT2D eigenvalue weighted by Gasteiger charge is -2.27. The molecule has 1 aliphatic heterocycles. The molecular weight excluding hydrogens is 322 g/mol. The molecule has 0 aliphatic carbocycles. The van der Waals surface area contributed by atoms with Crippen molar-refractivity contribution in [1.82, 2.24) is 14.9 Å². The number of rotatable bonds is 4. The lowest BCUT2D eigenvalue weighted by molar-refractivity contribution is -0.123. The van der Waals surface area contributed by atoms with E-state index in [1.807, 2.05) is 24.4 Å². The van der Waals surface area contributed by atoms with Crippen LogP contribution in [0.15, 0.2) is 54.9 Å². The van der Waals surface area contributed by atoms with E-state index in [0.29, 0.717) is 12.2 Å². The highest BCUT2D eigenvalue weighted by molar-refractivity contribution is 5.88. The number of pyridine rings is 2. The van der Waals surface area contributed by atoms with Crippen LogP contribution in [0.3, 0.4) is 0 Å². The fraction of sp³-hybridized carbons (Fsp3) is 0.318. The minimum absolute atomic E-state index is 0.184. The van der Waals surface area contributed by atoms with Crippen LogP contribution in [0.4, 0.5) is 0 Å². The Morgan fingerprint density at radius 1 is 1.08 bits per heavy atom. The highest BCUT2D eigenvalue weighted by Gasteiger charge is 2.23. The second-order valence-corrected chi connectivity index (χ2v) is 7.17. The number of piperidine rings is 1. The third-order valence-electron chi connectivity index (χ3n) is 5.27. The average Bonchev–Trinajstić information content (AvgIpc) is 2.68. The maximum Gasteiger partial charge on any atom is 0.142 e. The molecule has 4 heteroatoms. The first-order chi connectivity index (χ1) is 12.7. The number of ketones is 1. The monoisotopic (exact) mass is 345 g/mol. The van der Waals surface area contributed by atoms with Crippen LogP contribution in [-0.4, -0.2) is 40.8 Å². The fourth-order valence-corrected chi connectivity index (χ4v) is 3.63. The summed E-state index contributed by atoms with van der Waals surface area (Å²) in [6.45, 7) is 2.02. The fourth-order valence-electron chi connectivity index (χ4n) is 3.63. The molecule has 0 atom stereocenters. The summed E-state index contributed by atoms with van der Waals surface area (Å²) in [4.78, 5) is 23.9. The summed E-state index contributed by atoms with van der Waals surface area (Å²) in [6.07, 6.45) is 6.03. The average molecular weight is 345 g/mol. The Morgan fingerprint density at radius 2 is 1.92 bits per heavy atom. The zero-order valence-corrected chi connectivity index (χ0v) is 15.1. The molecule has 0 spiro atoms. The van der Waals surface area contributed by atoms with E-state index in [2.05, 4.69) is 46.2 Å². The minimum Gasteiger partial charge on any atom is -0.306 e. The van der Waals surface area contributed by atoms with E-state index in [1.165, 1.54) is 0 Å². The van der Waals surface area contributed by atoms with Crippen LogP contribution >= 0.6 is 0 Å². The summed E-state index contributed by atoms with van der Waals surface area (Å²) in [5, 5.41) is 2.19. The summed E-state index contributed by atoms with van der Waals surface area (Å²) in [5.41, 5.74) is 2.90. The standard InChI is InChI=1S/C22H23N3O/c1-25-10-7-16(8-11-25)22(26)14-20-13-19-12-17(5-6-18(19)15-24-20)21-4-2-3-9-23-21/h2-6,9,12-13,15-16H,7-8,10-11,14H2,1H3. The van der Waals surface area contributed by atoms with Gasteiger partial charge in [-0.1, -0.05) is 18.2 Å². The number of carbonyl (C=O) groups is 1. The van der Waals surface area contributed by atoms with Gasteiger partial charge in [-0.3, -0.25) is 14.8 Å². The lowest BCUT2D eigenvalue weighted by Crippen LogP contribution is -2.34. The van der Waals surface area contributed by atoms with Crippen LogP contribution in [0.25, 0.3) is 22.0 Å². The smallest absolute Gasteiger partial charge is 0.142 e. The minimum atomic E-state index is 0.184. The SMILES string of the molecule is CN1CCC(C(=O)Cc2cc3cc(-c4ccccn4)ccc3cn2)CC1. The predicted molar refractivity (Wildman–Crippen MR) is 104 cm³/mol. The van der Waals surface area contributed by atoms with E-state index < -0.39 is 0 Å². The molecule has 1 fully saturated rings. The lowest BCUT2D eigenvalue weighted by atomic mass is 9.90. The number of fused-ring (bicyclic) bond motifs is 1. The molecule has 1 aliphatic rings. The number of nitrogens with zero attached hydrogens (tertiary/aromatic N) is 3. The number of carbonyl (C=O) groups excluding carboxylic acids is 1. The summed E-state index contributed by atoms with van der Waals surface area (Å²) in [7, 11) is 2.12. The van der Waals surface area contributed by atoms with E-state index in [4.69, 9.17) is 0 Å². The number of hydrogen-bond acceptors (Lipinski definition) is 4. The molecule has 3 heterocycles. The van der Waals surface area contributed by atoms with Crippen molar-refractivity contribution in [2.45, 2.75) is 19.3 Å². The van der Waals surface area contributed by atoms with Gasteiger partial charge in [-0.05, 0) is 62.6 Å². The zero-order valence-electron chi connectivity index (χ0n) is 15.1. The first-order valence-electron chi connectivity index (χ1n) is 9.20. The Balaban J connectivity index is 1.55. The summed E-state index contributed by atoms with van der Waals surface area (Å²) >= 11 is 0. The zero-order chi connectivity index (χ0) is 17.9. The van der Waals surface area contributed by atoms with Gasteiger partial charge in [0.25, 0.3) is 0 Å². The van der Waals surface area contributed by atoms with Crippen molar-refractivity contribution in [3.05, 3.63) is 60.6 Å². The van der Waals surface area contributed by atoms with Crippen LogP contribution in [0.5, 0.6) is 0 Å². The van der Waals surface area contributed by atoms with Gasteiger partial charge in [-0.15, -0.1) is 0 Å². The van der Waals surface area contributed by atoms with Gasteiger partial charge in [0.15, 0.2) is 0 Å². The summed E-state index contributed by atoms with van der Waals surface area (Å²) in [5.74, 6) is 0.509. The van der Waals surface area contributed by atoms with Crippen molar-refractivity contribution in [3.8, 4) is 11.3 Å². The molecule has 2 aromatic heterocycles. The maximum atomic E-state index is 12.6. The van der Waals surface area contributed by atoms with Gasteiger partial charge in [0.1, 0.15) is 5.78 Å². The van der Waals surface area contributed by atoms with Crippen molar-refractivity contribution >= 4 is 16.6 Å². The summed E-state index contributed by atoms with van der Waals surface area (Å²) < 4.78 is 0. The molecule has 1 saturated heterocycles. The third-order valence-corrected chi connectivity index (χ3v) is 5.27. The number of hydrogen-bond donors (Lipinski definition) is 0. The van der Waals surface area contributed by atoms with Crippen LogP contribution in [0.1, 0.15) is 18.5 Å². The van der Waals surface area contributed by atoms with Gasteiger partial charge >= 0.3 is 0 Å². The molecule has 0 unspecified atom stereocenters. The van der Waals surface area contributed by atoms with Gasteiger partial charge < -0.3 is 4.90 Å². The van der Waals surface area contributed by atoms with Crippen molar-refractivity contribution < 1.29 is 4.79 Å². The van der Waals surface area contributed by atoms with E-state index in [-0.39, 0.29) is 5.92 Å². The Hall–Kier alpha value is -2.59. The second kappa shape index (κ2) is 7.34. The van der Waals surface area contributed by atoms with Crippen molar-refractivity contribution in [2.75, 3.05) is 20.1 Å². The van der Waals surface area contributed by atoms with E-state index in [9.17, 15) is 4.79 Å². The molecule has 1 aromatic carbocycles. The highest BCUT2D eigenvalue weighted by atomic mass is 16.1. The largest absolute Gasteiger partial charge is 0.306 e. The molecule has 0 amide bonds. The Bertz CT molecular complexity index is 915. The van der Waals surface area contributed by atoms with E-state index in [0.717, 1.165) is 53.7 Å². The Morgan fingerprint density at radius 3 is 2.69 bits per heavy atom. The molecule has 3 aromatic rings. The third kappa shape index (κ3) is 3.65. The van der Waals surface area contributed by atoms with Crippen LogP contribution in [0.2, 0.25) is 0 Å². The van der Waals surface area contributed by atoms with Gasteiger partial charge in [0.05, 0.1) is 5.69 Å². The number of benzene rings is 1. The molecule has 0 bridgehead atoms. The number of Topliss-reactive ketones (excluding diaryl/α,β-unsaturated/α-hetero) is 1. The van der Waals surface area contributed by atoms with Gasteiger partial charge in [-0.25, -0.2) is 0 Å². The van der Waals surface area contributed by atoms with Gasteiger partial charge in [0, 0.05) is 41.4 Å². The molecule has 4 rings (SSSR count). The Labute approximate surface area is 153 Å². The molecule has 26 heavy (non-hydrogen) atoms. The van der Waals surface area contributed by atoms with Gasteiger partial charge in [-0.2, -0.15) is 0 Å². The maximum absolute atomic E-state index is 12.6. The molecular formula is C22H23N3O. The summed E-state index contributed by atoms with van der Waals surface area (Å²) in [6, 6.07) is 14.2. The molecule has 132 valence electrons. The molecule has 0 saturated carbocycles. The quantitative estimate of drug-likeness (QED) is 0.722. The number of likely N-dealkylation sites (tertiary alicyclic amines) is 1. The topological polar surface area (TPSA) is 46.1 Å². The van der Waals surface area contributed by atoms with E-state index >= 15 is 0 Å². The normalized spacial score (nSPS) is 16.0. The van der Waals surface area contributed by atoms with Crippen molar-refractivity contribution in [1.29, 1.82) is 0 Å². The first-order valence-corrected chi connectivity index (χ1v) is 9.20. The highest BCUT2D eigenvalue weighted by Crippen LogP contribution is 2.24. The first kappa shape index (κ1) is 16.9. The molecule has 0 radical (unpaired) electrons. The van der Waals surface area contributed by atoms with Crippen LogP contribution in [-0.2, 0) is 11.2 Å². The molecule has 0 N–H and O–H groups in total. The van der Waals surface area contributed by atoms with Crippen LogP contribution < -0.4 is 0 Å². The second-order valence-electron chi connectivity index (χ2n) is 7.17. The van der Waals surface area contributed by atoms with E-state index in [1.54, 1.807) is 6.20 Å².